The van der Waals surface area contributed by atoms with Gasteiger partial charge in [0.15, 0.2) is 0 Å². The van der Waals surface area contributed by atoms with Gasteiger partial charge in [-0.05, 0) is 62.1 Å². The van der Waals surface area contributed by atoms with Crippen LogP contribution in [-0.2, 0) is 25.5 Å². The van der Waals surface area contributed by atoms with Crippen molar-refractivity contribution in [3.63, 3.8) is 0 Å². The molecular weight excluding hydrogens is 644 g/mol. The van der Waals surface area contributed by atoms with Crippen molar-refractivity contribution < 1.29 is 31.9 Å². The molecule has 2 aromatic rings. The number of aliphatic hydroxyl groups excluding tert-OH is 1. The average molecular weight is 684 g/mol. The van der Waals surface area contributed by atoms with Crippen molar-refractivity contribution in [2.24, 2.45) is 23.3 Å². The Labute approximate surface area is 272 Å². The Kier molecular flexibility index (Phi) is 10.5. The van der Waals surface area contributed by atoms with Crippen LogP contribution in [0, 0.1) is 11.8 Å². The van der Waals surface area contributed by atoms with E-state index in [4.69, 9.17) is 23.1 Å². The predicted molar refractivity (Wildman–Crippen MR) is 169 cm³/mol. The lowest BCUT2D eigenvalue weighted by Gasteiger charge is -2.36. The smallest absolute Gasteiger partial charge is 0.276 e. The van der Waals surface area contributed by atoms with Gasteiger partial charge in [-0.3, -0.25) is 9.59 Å². The van der Waals surface area contributed by atoms with Crippen LogP contribution >= 0.6 is 11.6 Å². The molecule has 2 atom stereocenters. The minimum absolute atomic E-state index is 0.0132. The molecule has 0 radical (unpaired) electrons. The first kappa shape index (κ1) is 34.4. The van der Waals surface area contributed by atoms with Crippen molar-refractivity contribution in [1.29, 1.82) is 0 Å². The number of rotatable bonds is 10. The van der Waals surface area contributed by atoms with Gasteiger partial charge in [-0.2, -0.15) is 4.31 Å². The van der Waals surface area contributed by atoms with E-state index in [-0.39, 0.29) is 97.8 Å². The van der Waals surface area contributed by atoms with E-state index in [1.165, 1.54) is 27.4 Å². The van der Waals surface area contributed by atoms with E-state index < -0.39 is 33.9 Å². The molecule has 1 aromatic carbocycles. The van der Waals surface area contributed by atoms with E-state index in [0.29, 0.717) is 25.1 Å². The minimum atomic E-state index is -3.84. The van der Waals surface area contributed by atoms with Crippen LogP contribution in [0.2, 0.25) is 5.15 Å². The Morgan fingerprint density at radius 1 is 1.11 bits per heavy atom. The number of sulfonamides is 1. The largest absolute Gasteiger partial charge is 0.390 e. The number of nitrogens with zero attached hydrogens (tertiary/aromatic N) is 4. The highest BCUT2D eigenvalue weighted by Crippen LogP contribution is 2.46. The first-order chi connectivity index (χ1) is 21.8. The van der Waals surface area contributed by atoms with Gasteiger partial charge in [0, 0.05) is 81.4 Å². The molecule has 5 rings (SSSR count). The number of aromatic nitrogens is 1. The molecule has 2 aliphatic heterocycles. The molecule has 252 valence electrons. The average Bonchev–Trinajstić information content (AvgIpc) is 3.40. The normalized spacial score (nSPS) is 23.9. The van der Waals surface area contributed by atoms with Crippen molar-refractivity contribution in [2.45, 2.75) is 55.1 Å². The Hall–Kier alpha value is -2.95. The number of aliphatic hydroxyl groups is 1. The number of carbonyl (C=O) groups is 2. The van der Waals surface area contributed by atoms with Gasteiger partial charge >= 0.3 is 0 Å². The number of hydrogen-bond acceptors (Lipinski definition) is 9. The summed E-state index contributed by atoms with van der Waals surface area (Å²) in [5.41, 5.74) is 11.5. The number of anilines is 2. The van der Waals surface area contributed by atoms with E-state index in [9.17, 15) is 23.1 Å². The van der Waals surface area contributed by atoms with E-state index in [1.54, 1.807) is 17.0 Å². The van der Waals surface area contributed by atoms with E-state index in [0.717, 1.165) is 6.07 Å². The Morgan fingerprint density at radius 2 is 1.76 bits per heavy atom. The second kappa shape index (κ2) is 14.0. The first-order valence-corrected chi connectivity index (χ1v) is 17.2. The van der Waals surface area contributed by atoms with Gasteiger partial charge in [0.05, 0.1) is 11.0 Å². The molecule has 46 heavy (non-hydrogen) atoms. The van der Waals surface area contributed by atoms with Crippen molar-refractivity contribution in [3.05, 3.63) is 47.1 Å². The summed E-state index contributed by atoms with van der Waals surface area (Å²) in [6, 6.07) is 8.32. The molecule has 1 aromatic heterocycles. The zero-order chi connectivity index (χ0) is 33.2. The summed E-state index contributed by atoms with van der Waals surface area (Å²) in [7, 11) is -3.84. The molecule has 0 bridgehead atoms. The fraction of sp³-hybridized carbons (Fsp3) is 0.567. The fourth-order valence-corrected chi connectivity index (χ4v) is 7.95. The van der Waals surface area contributed by atoms with Crippen LogP contribution in [0.3, 0.4) is 0 Å². The number of piperazine rings is 1. The van der Waals surface area contributed by atoms with Crippen molar-refractivity contribution in [2.75, 3.05) is 55.6 Å². The topological polar surface area (TPSA) is 175 Å². The van der Waals surface area contributed by atoms with Crippen LogP contribution in [0.1, 0.15) is 37.7 Å². The second-order valence-electron chi connectivity index (χ2n) is 12.2. The molecule has 3 fully saturated rings. The number of alkyl halides is 2. The van der Waals surface area contributed by atoms with Crippen LogP contribution in [-0.4, -0.2) is 92.6 Å². The molecule has 0 spiro atoms. The molecule has 1 saturated carbocycles. The number of benzene rings is 1. The van der Waals surface area contributed by atoms with Crippen LogP contribution in [0.5, 0.6) is 0 Å². The lowest BCUT2D eigenvalue weighted by atomic mass is 9.77. The quantitative estimate of drug-likeness (QED) is 0.272. The molecular formula is C30H40ClF2N7O5S. The van der Waals surface area contributed by atoms with Gasteiger partial charge in [-0.25, -0.2) is 22.2 Å². The number of pyridine rings is 1. The van der Waals surface area contributed by atoms with Gasteiger partial charge < -0.3 is 31.7 Å². The van der Waals surface area contributed by atoms with Gasteiger partial charge in [0.2, 0.25) is 21.8 Å². The fourth-order valence-electron chi connectivity index (χ4n) is 6.33. The summed E-state index contributed by atoms with van der Waals surface area (Å²) < 4.78 is 59.7. The SMILES string of the molecule is NCC(O)CNC(=O)C1CCC(C(F)(F)c2cc(Cl)nc(N3CCN(S(=O)(=O)c4ccc(N5C[C@H](N)CC5=O)cc4)CC3)c2)CC1. The summed E-state index contributed by atoms with van der Waals surface area (Å²) >= 11 is 6.22. The summed E-state index contributed by atoms with van der Waals surface area (Å²) in [6.07, 6.45) is 0.253. The number of amides is 2. The number of nitrogens with one attached hydrogen (secondary N) is 1. The Balaban J connectivity index is 1.20. The molecule has 1 unspecified atom stereocenters. The maximum absolute atomic E-state index is 15.8. The molecule has 12 nitrogen and oxygen atoms in total. The molecule has 2 amide bonds. The van der Waals surface area contributed by atoms with Crippen molar-refractivity contribution >= 4 is 44.9 Å². The zero-order valence-corrected chi connectivity index (χ0v) is 26.9. The maximum atomic E-state index is 15.8. The van der Waals surface area contributed by atoms with Crippen LogP contribution < -0.4 is 26.6 Å². The Bertz CT molecular complexity index is 1520. The highest BCUT2D eigenvalue weighted by Gasteiger charge is 2.44. The standard InChI is InChI=1S/C30H40ClF2N7O5S/c31-26-13-21(30(32,33)20-3-1-19(2-4-20)29(43)36-17-24(41)16-34)14-27(37-26)38-9-11-39(12-10-38)46(44,45)25-7-5-23(6-8-25)40-18-22(35)15-28(40)42/h5-8,13-14,19-20,22,24,41H,1-4,9-12,15-18,34-35H2,(H,36,43)/t19?,20?,22-,24?/m1/s1. The third-order valence-electron chi connectivity index (χ3n) is 9.06. The van der Waals surface area contributed by atoms with Gasteiger partial charge in [0.1, 0.15) is 11.0 Å². The van der Waals surface area contributed by atoms with Gasteiger partial charge in [-0.15, -0.1) is 0 Å². The van der Waals surface area contributed by atoms with E-state index >= 15 is 8.78 Å². The monoisotopic (exact) mass is 683 g/mol. The number of carbonyl (C=O) groups excluding carboxylic acids is 2. The molecule has 6 N–H and O–H groups in total. The summed E-state index contributed by atoms with van der Waals surface area (Å²) in [6.45, 7) is 1.06. The van der Waals surface area contributed by atoms with E-state index in [1.807, 2.05) is 0 Å². The zero-order valence-electron chi connectivity index (χ0n) is 25.3. The third-order valence-corrected chi connectivity index (χ3v) is 11.2. The molecule has 3 heterocycles. The van der Waals surface area contributed by atoms with Crippen LogP contribution in [0.4, 0.5) is 20.3 Å². The Morgan fingerprint density at radius 3 is 2.35 bits per heavy atom. The summed E-state index contributed by atoms with van der Waals surface area (Å²) in [5.74, 6) is -4.77. The summed E-state index contributed by atoms with van der Waals surface area (Å²) in [5, 5.41) is 12.1. The number of halogens is 3. The predicted octanol–water partition coefficient (Wildman–Crippen LogP) is 1.64. The number of hydrogen-bond donors (Lipinski definition) is 4. The lowest BCUT2D eigenvalue weighted by molar-refractivity contribution is -0.129. The maximum Gasteiger partial charge on any atom is 0.276 e. The lowest BCUT2D eigenvalue weighted by Crippen LogP contribution is -2.49. The highest BCUT2D eigenvalue weighted by atomic mass is 35.5. The number of nitrogens with two attached hydrogens (primary N) is 2. The van der Waals surface area contributed by atoms with Gasteiger partial charge in [-0.1, -0.05) is 11.6 Å². The molecule has 3 aliphatic rings. The van der Waals surface area contributed by atoms with Gasteiger partial charge in [0.25, 0.3) is 5.92 Å². The van der Waals surface area contributed by atoms with Crippen LogP contribution in [0.15, 0.2) is 41.3 Å². The minimum Gasteiger partial charge on any atom is -0.390 e. The molecule has 16 heteroatoms. The summed E-state index contributed by atoms with van der Waals surface area (Å²) in [4.78, 5) is 32.2. The third kappa shape index (κ3) is 7.44. The second-order valence-corrected chi connectivity index (χ2v) is 14.5. The molecule has 1 aliphatic carbocycles. The van der Waals surface area contributed by atoms with E-state index in [2.05, 4.69) is 10.3 Å². The highest BCUT2D eigenvalue weighted by molar-refractivity contribution is 7.89. The van der Waals surface area contributed by atoms with Crippen molar-refractivity contribution in [1.82, 2.24) is 14.6 Å². The van der Waals surface area contributed by atoms with Crippen LogP contribution in [0.25, 0.3) is 0 Å². The first-order valence-electron chi connectivity index (χ1n) is 15.4. The molecule has 2 saturated heterocycles. The van der Waals surface area contributed by atoms with Crippen molar-refractivity contribution in [3.8, 4) is 0 Å².